The molecule has 0 aliphatic carbocycles. The molecule has 2 rings (SSSR count). The Labute approximate surface area is 107 Å². The van der Waals surface area contributed by atoms with Crippen molar-refractivity contribution < 1.29 is 4.79 Å². The lowest BCUT2D eigenvalue weighted by atomic mass is 10.1. The third kappa shape index (κ3) is 3.10. The van der Waals surface area contributed by atoms with Gasteiger partial charge in [0, 0.05) is 24.8 Å². The van der Waals surface area contributed by atoms with E-state index in [0.717, 1.165) is 12.2 Å². The maximum absolute atomic E-state index is 11.5. The Hall–Kier alpha value is -2.29. The van der Waals surface area contributed by atoms with Crippen molar-refractivity contribution in [2.24, 2.45) is 0 Å². The Morgan fingerprint density at radius 3 is 2.56 bits per heavy atom. The molecule has 3 heteroatoms. The summed E-state index contributed by atoms with van der Waals surface area (Å²) in [6.45, 7) is 0.748. The van der Waals surface area contributed by atoms with Crippen molar-refractivity contribution in [3.8, 4) is 0 Å². The van der Waals surface area contributed by atoms with Crippen molar-refractivity contribution in [3.63, 3.8) is 0 Å². The van der Waals surface area contributed by atoms with Crippen molar-refractivity contribution >= 4 is 11.6 Å². The number of rotatable bonds is 4. The first-order chi connectivity index (χ1) is 8.79. The van der Waals surface area contributed by atoms with E-state index in [1.807, 2.05) is 36.4 Å². The number of hydrogen-bond donors (Lipinski definition) is 2. The molecule has 0 saturated carbocycles. The lowest BCUT2D eigenvalue weighted by Gasteiger charge is -2.08. The molecule has 0 aliphatic heterocycles. The van der Waals surface area contributed by atoms with Gasteiger partial charge in [-0.3, -0.25) is 4.79 Å². The zero-order chi connectivity index (χ0) is 12.8. The fourth-order valence-electron chi connectivity index (χ4n) is 1.71. The van der Waals surface area contributed by atoms with Gasteiger partial charge in [-0.15, -0.1) is 0 Å². The topological polar surface area (TPSA) is 41.1 Å². The van der Waals surface area contributed by atoms with E-state index in [2.05, 4.69) is 22.8 Å². The van der Waals surface area contributed by atoms with E-state index >= 15 is 0 Å². The highest BCUT2D eigenvalue weighted by Gasteiger charge is 2.03. The molecule has 0 unspecified atom stereocenters. The van der Waals surface area contributed by atoms with Crippen molar-refractivity contribution in [1.82, 2.24) is 5.32 Å². The lowest BCUT2D eigenvalue weighted by molar-refractivity contribution is 0.0963. The zero-order valence-corrected chi connectivity index (χ0v) is 10.3. The number of hydrogen-bond acceptors (Lipinski definition) is 2. The lowest BCUT2D eigenvalue weighted by Crippen LogP contribution is -2.17. The molecule has 2 aromatic rings. The summed E-state index contributed by atoms with van der Waals surface area (Å²) >= 11 is 0. The number of carbonyl (C=O) groups excluding carboxylic acids is 1. The second-order valence-electron chi connectivity index (χ2n) is 4.00. The Balaban J connectivity index is 2.04. The van der Waals surface area contributed by atoms with Crippen LogP contribution in [0.4, 0.5) is 5.69 Å². The van der Waals surface area contributed by atoms with Gasteiger partial charge < -0.3 is 10.6 Å². The van der Waals surface area contributed by atoms with Crippen molar-refractivity contribution in [3.05, 3.63) is 65.7 Å². The molecule has 18 heavy (non-hydrogen) atoms. The van der Waals surface area contributed by atoms with E-state index in [1.165, 1.54) is 5.56 Å². The average Bonchev–Trinajstić information content (AvgIpc) is 2.45. The molecule has 92 valence electrons. The molecule has 0 atom stereocenters. The van der Waals surface area contributed by atoms with E-state index in [1.54, 1.807) is 13.1 Å². The van der Waals surface area contributed by atoms with Crippen LogP contribution in [0.2, 0.25) is 0 Å². The van der Waals surface area contributed by atoms with E-state index in [4.69, 9.17) is 0 Å². The maximum Gasteiger partial charge on any atom is 0.251 e. The van der Waals surface area contributed by atoms with E-state index in [-0.39, 0.29) is 5.91 Å². The third-order valence-corrected chi connectivity index (χ3v) is 2.69. The number of anilines is 1. The summed E-state index contributed by atoms with van der Waals surface area (Å²) in [5.41, 5.74) is 2.82. The van der Waals surface area contributed by atoms with Gasteiger partial charge in [-0.1, -0.05) is 36.4 Å². The third-order valence-electron chi connectivity index (χ3n) is 2.69. The molecule has 0 aromatic heterocycles. The number of amides is 1. The summed E-state index contributed by atoms with van der Waals surface area (Å²) in [5.74, 6) is -0.0710. The smallest absolute Gasteiger partial charge is 0.251 e. The molecule has 0 aliphatic rings. The number of nitrogens with one attached hydrogen (secondary N) is 2. The van der Waals surface area contributed by atoms with Gasteiger partial charge in [-0.25, -0.2) is 0 Å². The summed E-state index contributed by atoms with van der Waals surface area (Å²) < 4.78 is 0. The van der Waals surface area contributed by atoms with Gasteiger partial charge >= 0.3 is 0 Å². The molecule has 1 amide bonds. The van der Waals surface area contributed by atoms with Crippen LogP contribution in [0.15, 0.2) is 54.6 Å². The molecule has 0 saturated heterocycles. The van der Waals surface area contributed by atoms with Crippen LogP contribution in [-0.2, 0) is 6.54 Å². The zero-order valence-electron chi connectivity index (χ0n) is 10.3. The second kappa shape index (κ2) is 5.87. The summed E-state index contributed by atoms with van der Waals surface area (Å²) in [6.07, 6.45) is 0. The van der Waals surface area contributed by atoms with Gasteiger partial charge in [0.05, 0.1) is 0 Å². The first-order valence-corrected chi connectivity index (χ1v) is 5.89. The molecule has 0 heterocycles. The highest BCUT2D eigenvalue weighted by Crippen LogP contribution is 2.12. The van der Waals surface area contributed by atoms with Crippen LogP contribution in [0.3, 0.4) is 0 Å². The minimum atomic E-state index is -0.0710. The fraction of sp³-hybridized carbons (Fsp3) is 0.133. The van der Waals surface area contributed by atoms with Crippen molar-refractivity contribution in [2.75, 3.05) is 12.4 Å². The van der Waals surface area contributed by atoms with Crippen LogP contribution in [0.25, 0.3) is 0 Å². The molecule has 0 radical (unpaired) electrons. The van der Waals surface area contributed by atoms with Crippen LogP contribution in [0.1, 0.15) is 15.9 Å². The molecule has 2 N–H and O–H groups in total. The Bertz CT molecular complexity index is 523. The van der Waals surface area contributed by atoms with Crippen LogP contribution in [0, 0.1) is 0 Å². The van der Waals surface area contributed by atoms with Gasteiger partial charge in [0.25, 0.3) is 5.91 Å². The van der Waals surface area contributed by atoms with Crippen LogP contribution in [-0.4, -0.2) is 13.0 Å². The molecule has 0 fully saturated rings. The highest BCUT2D eigenvalue weighted by atomic mass is 16.1. The molecule has 3 nitrogen and oxygen atoms in total. The van der Waals surface area contributed by atoms with Crippen LogP contribution in [0.5, 0.6) is 0 Å². The maximum atomic E-state index is 11.5. The van der Waals surface area contributed by atoms with Gasteiger partial charge in [0.1, 0.15) is 0 Å². The Morgan fingerprint density at radius 2 is 1.83 bits per heavy atom. The molecule has 0 spiro atoms. The number of benzene rings is 2. The van der Waals surface area contributed by atoms with E-state index < -0.39 is 0 Å². The number of carbonyl (C=O) groups is 1. The summed E-state index contributed by atoms with van der Waals surface area (Å²) in [6, 6.07) is 17.6. The van der Waals surface area contributed by atoms with E-state index in [9.17, 15) is 4.79 Å². The average molecular weight is 240 g/mol. The van der Waals surface area contributed by atoms with E-state index in [0.29, 0.717) is 5.56 Å². The van der Waals surface area contributed by atoms with Crippen molar-refractivity contribution in [2.45, 2.75) is 6.54 Å². The highest BCUT2D eigenvalue weighted by molar-refractivity contribution is 5.94. The SMILES string of the molecule is CNC(=O)c1cccc(NCc2ccccc2)c1. The quantitative estimate of drug-likeness (QED) is 0.862. The van der Waals surface area contributed by atoms with Gasteiger partial charge in [0.15, 0.2) is 0 Å². The second-order valence-corrected chi connectivity index (χ2v) is 4.00. The predicted octanol–water partition coefficient (Wildman–Crippen LogP) is 2.66. The summed E-state index contributed by atoms with van der Waals surface area (Å²) in [7, 11) is 1.63. The Morgan fingerprint density at radius 1 is 1.06 bits per heavy atom. The van der Waals surface area contributed by atoms with Crippen molar-refractivity contribution in [1.29, 1.82) is 0 Å². The monoisotopic (exact) mass is 240 g/mol. The standard InChI is InChI=1S/C15H16N2O/c1-16-15(18)13-8-5-9-14(10-13)17-11-12-6-3-2-4-7-12/h2-10,17H,11H2,1H3,(H,16,18). The fourth-order valence-corrected chi connectivity index (χ4v) is 1.71. The first kappa shape index (κ1) is 12.2. The Kier molecular flexibility index (Phi) is 3.97. The largest absolute Gasteiger partial charge is 0.381 e. The normalized spacial score (nSPS) is 9.83. The molecule has 0 bridgehead atoms. The van der Waals surface area contributed by atoms with Crippen LogP contribution >= 0.6 is 0 Å². The van der Waals surface area contributed by atoms with Gasteiger partial charge in [0.2, 0.25) is 0 Å². The minimum absolute atomic E-state index is 0.0710. The molecular formula is C15H16N2O. The predicted molar refractivity (Wildman–Crippen MR) is 73.6 cm³/mol. The minimum Gasteiger partial charge on any atom is -0.381 e. The van der Waals surface area contributed by atoms with Crippen LogP contribution < -0.4 is 10.6 Å². The van der Waals surface area contributed by atoms with Gasteiger partial charge in [-0.2, -0.15) is 0 Å². The molecule has 2 aromatic carbocycles. The first-order valence-electron chi connectivity index (χ1n) is 5.89. The van der Waals surface area contributed by atoms with Gasteiger partial charge in [-0.05, 0) is 23.8 Å². The molecular weight excluding hydrogens is 224 g/mol. The summed E-state index contributed by atoms with van der Waals surface area (Å²) in [5, 5.41) is 5.92. The summed E-state index contributed by atoms with van der Waals surface area (Å²) in [4.78, 5) is 11.5.